The second kappa shape index (κ2) is 5.22. The zero-order chi connectivity index (χ0) is 15.9. The van der Waals surface area contributed by atoms with Gasteiger partial charge < -0.3 is 9.25 Å². The Balaban J connectivity index is 2.23. The standard InChI is InChI=1S/C16H14N2O4/c1-8(2)16-17-13-12(18-22-9(3)19)14(20)10-6-4-5-7-11(10)15(13)21-16/h4-8H,1-3H3/b18-12+. The highest BCUT2D eigenvalue weighted by molar-refractivity contribution is 6.54. The number of oxime groups is 1. The van der Waals surface area contributed by atoms with Crippen molar-refractivity contribution in [3.63, 3.8) is 0 Å². The summed E-state index contributed by atoms with van der Waals surface area (Å²) in [6.07, 6.45) is 0. The third-order valence-electron chi connectivity index (χ3n) is 3.26. The number of ketones is 1. The van der Waals surface area contributed by atoms with E-state index in [9.17, 15) is 9.59 Å². The molecule has 3 rings (SSSR count). The largest absolute Gasteiger partial charge is 0.440 e. The Kier molecular flexibility index (Phi) is 3.36. The molecule has 1 aliphatic carbocycles. The van der Waals surface area contributed by atoms with E-state index in [2.05, 4.69) is 15.0 Å². The number of Topliss-reactive ketones (excluding diaryl/α,β-unsaturated/α-hetero) is 1. The number of rotatable bonds is 2. The second-order valence-electron chi connectivity index (χ2n) is 5.28. The van der Waals surface area contributed by atoms with Crippen LogP contribution in [-0.4, -0.2) is 22.4 Å². The predicted molar refractivity (Wildman–Crippen MR) is 78.7 cm³/mol. The summed E-state index contributed by atoms with van der Waals surface area (Å²) in [5.41, 5.74) is 1.42. The molecule has 0 aliphatic heterocycles. The van der Waals surface area contributed by atoms with Gasteiger partial charge in [-0.05, 0) is 0 Å². The van der Waals surface area contributed by atoms with Crippen molar-refractivity contribution in [3.8, 4) is 11.3 Å². The molecule has 112 valence electrons. The molecule has 0 saturated carbocycles. The van der Waals surface area contributed by atoms with Crippen LogP contribution in [-0.2, 0) is 9.63 Å². The van der Waals surface area contributed by atoms with Crippen LogP contribution in [0.2, 0.25) is 0 Å². The Morgan fingerprint density at radius 2 is 1.95 bits per heavy atom. The van der Waals surface area contributed by atoms with Crippen LogP contribution in [0.4, 0.5) is 0 Å². The van der Waals surface area contributed by atoms with Crippen molar-refractivity contribution in [2.24, 2.45) is 5.16 Å². The highest BCUT2D eigenvalue weighted by Crippen LogP contribution is 2.35. The number of carbonyl (C=O) groups excluding carboxylic acids is 2. The summed E-state index contributed by atoms with van der Waals surface area (Å²) in [6.45, 7) is 5.09. The van der Waals surface area contributed by atoms with Crippen LogP contribution in [0.1, 0.15) is 48.6 Å². The fourth-order valence-electron chi connectivity index (χ4n) is 2.24. The lowest BCUT2D eigenvalue weighted by molar-refractivity contribution is -0.140. The molecule has 0 bridgehead atoms. The molecular formula is C16H14N2O4. The molecule has 1 aromatic carbocycles. The monoisotopic (exact) mass is 298 g/mol. The molecule has 6 nitrogen and oxygen atoms in total. The third-order valence-corrected chi connectivity index (χ3v) is 3.26. The molecule has 2 aromatic rings. The van der Waals surface area contributed by atoms with Crippen molar-refractivity contribution in [1.29, 1.82) is 0 Å². The van der Waals surface area contributed by atoms with Crippen molar-refractivity contribution in [3.05, 3.63) is 41.4 Å². The molecule has 0 unspecified atom stereocenters. The zero-order valence-electron chi connectivity index (χ0n) is 12.4. The Labute approximate surface area is 126 Å². The van der Waals surface area contributed by atoms with E-state index in [1.807, 2.05) is 19.9 Å². The molecular weight excluding hydrogens is 284 g/mol. The molecule has 0 amide bonds. The molecule has 22 heavy (non-hydrogen) atoms. The van der Waals surface area contributed by atoms with Crippen molar-refractivity contribution in [2.45, 2.75) is 26.7 Å². The smallest absolute Gasteiger partial charge is 0.332 e. The molecule has 1 heterocycles. The SMILES string of the molecule is CC(=O)O/N=C1/C(=O)c2ccccc2-c2oc(C(C)C)nc21. The van der Waals surface area contributed by atoms with Gasteiger partial charge in [0.15, 0.2) is 17.4 Å². The van der Waals surface area contributed by atoms with Crippen molar-refractivity contribution in [1.82, 2.24) is 4.98 Å². The molecule has 0 N–H and O–H groups in total. The Bertz CT molecular complexity index is 802. The van der Waals surface area contributed by atoms with Crippen molar-refractivity contribution >= 4 is 17.5 Å². The van der Waals surface area contributed by atoms with E-state index >= 15 is 0 Å². The van der Waals surface area contributed by atoms with Gasteiger partial charge in [-0.1, -0.05) is 43.3 Å². The van der Waals surface area contributed by atoms with Crippen LogP contribution in [0.25, 0.3) is 11.3 Å². The number of nitrogens with zero attached hydrogens (tertiary/aromatic N) is 2. The molecule has 6 heteroatoms. The summed E-state index contributed by atoms with van der Waals surface area (Å²) in [6, 6.07) is 7.05. The number of hydrogen-bond acceptors (Lipinski definition) is 6. The van der Waals surface area contributed by atoms with E-state index in [1.165, 1.54) is 6.92 Å². The van der Waals surface area contributed by atoms with Gasteiger partial charge in [0.1, 0.15) is 5.69 Å². The second-order valence-corrected chi connectivity index (χ2v) is 5.28. The average molecular weight is 298 g/mol. The summed E-state index contributed by atoms with van der Waals surface area (Å²) in [7, 11) is 0. The van der Waals surface area contributed by atoms with Crippen molar-refractivity contribution < 1.29 is 18.8 Å². The molecule has 0 spiro atoms. The maximum Gasteiger partial charge on any atom is 0.332 e. The Morgan fingerprint density at radius 3 is 2.59 bits per heavy atom. The Hall–Kier alpha value is -2.76. The van der Waals surface area contributed by atoms with E-state index in [1.54, 1.807) is 18.2 Å². The minimum atomic E-state index is -0.603. The number of aromatic nitrogens is 1. The minimum absolute atomic E-state index is 0.0143. The maximum atomic E-state index is 12.6. The highest BCUT2D eigenvalue weighted by atomic mass is 16.7. The predicted octanol–water partition coefficient (Wildman–Crippen LogP) is 2.93. The first-order valence-corrected chi connectivity index (χ1v) is 6.89. The van der Waals surface area contributed by atoms with Crippen LogP contribution in [0.15, 0.2) is 33.8 Å². The Morgan fingerprint density at radius 1 is 1.27 bits per heavy atom. The number of benzene rings is 1. The summed E-state index contributed by atoms with van der Waals surface area (Å²) >= 11 is 0. The summed E-state index contributed by atoms with van der Waals surface area (Å²) in [5, 5.41) is 3.67. The quantitative estimate of drug-likeness (QED) is 0.629. The maximum absolute atomic E-state index is 12.6. The van der Waals surface area contributed by atoms with E-state index in [4.69, 9.17) is 4.42 Å². The molecule has 1 aromatic heterocycles. The van der Waals surface area contributed by atoms with E-state index in [0.29, 0.717) is 28.5 Å². The van der Waals surface area contributed by atoms with Crippen LogP contribution in [0.5, 0.6) is 0 Å². The average Bonchev–Trinajstić information content (AvgIpc) is 2.92. The lowest BCUT2D eigenvalue weighted by Gasteiger charge is -2.13. The van der Waals surface area contributed by atoms with Crippen LogP contribution in [0, 0.1) is 0 Å². The van der Waals surface area contributed by atoms with Gasteiger partial charge in [0.25, 0.3) is 0 Å². The first kappa shape index (κ1) is 14.2. The normalized spacial score (nSPS) is 14.9. The molecule has 0 saturated heterocycles. The van der Waals surface area contributed by atoms with Crippen molar-refractivity contribution in [2.75, 3.05) is 0 Å². The number of carbonyl (C=O) groups is 2. The van der Waals surface area contributed by atoms with E-state index in [0.717, 1.165) is 0 Å². The van der Waals surface area contributed by atoms with Crippen LogP contribution in [0.3, 0.4) is 0 Å². The van der Waals surface area contributed by atoms with Gasteiger partial charge in [0.2, 0.25) is 5.78 Å². The molecule has 0 fully saturated rings. The van der Waals surface area contributed by atoms with Gasteiger partial charge in [0, 0.05) is 24.0 Å². The van der Waals surface area contributed by atoms with Crippen LogP contribution < -0.4 is 0 Å². The molecule has 0 radical (unpaired) electrons. The number of fused-ring (bicyclic) bond motifs is 3. The number of oxazole rings is 1. The molecule has 1 aliphatic rings. The zero-order valence-corrected chi connectivity index (χ0v) is 12.4. The number of hydrogen-bond donors (Lipinski definition) is 0. The highest BCUT2D eigenvalue weighted by Gasteiger charge is 2.34. The van der Waals surface area contributed by atoms with Gasteiger partial charge in [0.05, 0.1) is 0 Å². The van der Waals surface area contributed by atoms with Gasteiger partial charge in [-0.15, -0.1) is 0 Å². The van der Waals surface area contributed by atoms with Gasteiger partial charge in [-0.3, -0.25) is 4.79 Å². The fourth-order valence-corrected chi connectivity index (χ4v) is 2.24. The summed E-state index contributed by atoms with van der Waals surface area (Å²) in [4.78, 5) is 32.5. The van der Waals surface area contributed by atoms with Gasteiger partial charge in [-0.2, -0.15) is 0 Å². The molecule has 0 atom stereocenters. The van der Waals surface area contributed by atoms with E-state index < -0.39 is 5.97 Å². The topological polar surface area (TPSA) is 81.8 Å². The lowest BCUT2D eigenvalue weighted by Crippen LogP contribution is -2.23. The summed E-state index contributed by atoms with van der Waals surface area (Å²) in [5.74, 6) is 0.0962. The van der Waals surface area contributed by atoms with Gasteiger partial charge >= 0.3 is 5.97 Å². The first-order valence-electron chi connectivity index (χ1n) is 6.89. The van der Waals surface area contributed by atoms with Gasteiger partial charge in [-0.25, -0.2) is 9.78 Å². The van der Waals surface area contributed by atoms with E-state index in [-0.39, 0.29) is 17.4 Å². The summed E-state index contributed by atoms with van der Waals surface area (Å²) < 4.78 is 5.79. The lowest BCUT2D eigenvalue weighted by atomic mass is 9.90. The third kappa shape index (κ3) is 2.22. The van der Waals surface area contributed by atoms with Crippen LogP contribution >= 0.6 is 0 Å². The fraction of sp³-hybridized carbons (Fsp3) is 0.250. The minimum Gasteiger partial charge on any atom is -0.440 e. The first-order chi connectivity index (χ1) is 10.5.